The molecule has 8 heteroatoms. The largest absolute Gasteiger partial charge is 0.508 e. The van der Waals surface area contributed by atoms with Crippen LogP contribution in [0.5, 0.6) is 11.5 Å². The van der Waals surface area contributed by atoms with Gasteiger partial charge in [0.15, 0.2) is 0 Å². The van der Waals surface area contributed by atoms with Gasteiger partial charge in [0.25, 0.3) is 11.8 Å². The molecule has 4 N–H and O–H groups in total. The van der Waals surface area contributed by atoms with E-state index in [2.05, 4.69) is 31.8 Å². The number of nitrogens with zero attached hydrogens (tertiary/aromatic N) is 1. The highest BCUT2D eigenvalue weighted by molar-refractivity contribution is 9.10. The smallest absolute Gasteiger partial charge is 0.271 e. The Balaban J connectivity index is 1.65. The van der Waals surface area contributed by atoms with E-state index in [1.807, 2.05) is 0 Å². The number of hydrogen-bond acceptors (Lipinski definition) is 5. The Hall–Kier alpha value is -3.65. The van der Waals surface area contributed by atoms with E-state index in [9.17, 15) is 19.8 Å². The predicted octanol–water partition coefficient (Wildman–Crippen LogP) is 3.88. The summed E-state index contributed by atoms with van der Waals surface area (Å²) in [7, 11) is 0. The maximum Gasteiger partial charge on any atom is 0.271 e. The van der Waals surface area contributed by atoms with Gasteiger partial charge >= 0.3 is 0 Å². The van der Waals surface area contributed by atoms with Crippen molar-refractivity contribution in [3.63, 3.8) is 0 Å². The van der Waals surface area contributed by atoms with Gasteiger partial charge in [-0.3, -0.25) is 9.59 Å². The average Bonchev–Trinajstić information content (AvgIpc) is 2.70. The first-order chi connectivity index (χ1) is 13.9. The van der Waals surface area contributed by atoms with E-state index in [0.29, 0.717) is 22.4 Å². The number of phenols is 2. The highest BCUT2D eigenvalue weighted by Crippen LogP contribution is 2.20. The number of amides is 2. The molecule has 0 radical (unpaired) electrons. The second-order valence-corrected chi connectivity index (χ2v) is 6.90. The van der Waals surface area contributed by atoms with E-state index in [-0.39, 0.29) is 17.4 Å². The van der Waals surface area contributed by atoms with Crippen LogP contribution in [0.1, 0.15) is 26.3 Å². The third kappa shape index (κ3) is 5.43. The van der Waals surface area contributed by atoms with Gasteiger partial charge in [-0.05, 0) is 54.6 Å². The van der Waals surface area contributed by atoms with Gasteiger partial charge in [-0.1, -0.05) is 22.0 Å². The predicted molar refractivity (Wildman–Crippen MR) is 113 cm³/mol. The van der Waals surface area contributed by atoms with Crippen LogP contribution < -0.4 is 10.7 Å². The first-order valence-corrected chi connectivity index (χ1v) is 9.24. The molecule has 0 saturated heterocycles. The van der Waals surface area contributed by atoms with Crippen molar-refractivity contribution in [3.05, 3.63) is 87.9 Å². The quantitative estimate of drug-likeness (QED) is 0.347. The second-order valence-electron chi connectivity index (χ2n) is 5.98. The topological polar surface area (TPSA) is 111 Å². The zero-order valence-electron chi connectivity index (χ0n) is 15.0. The number of carbonyl (C=O) groups is 2. The van der Waals surface area contributed by atoms with Crippen LogP contribution in [0.2, 0.25) is 0 Å². The highest BCUT2D eigenvalue weighted by atomic mass is 79.9. The molecule has 0 fully saturated rings. The molecule has 0 spiro atoms. The minimum absolute atomic E-state index is 0.0781. The Morgan fingerprint density at radius 3 is 2.38 bits per heavy atom. The number of rotatable bonds is 5. The Bertz CT molecular complexity index is 1080. The number of anilines is 1. The summed E-state index contributed by atoms with van der Waals surface area (Å²) in [6, 6.07) is 17.3. The lowest BCUT2D eigenvalue weighted by Crippen LogP contribution is -2.18. The number of carbonyl (C=O) groups excluding carboxylic acids is 2. The van der Waals surface area contributed by atoms with E-state index < -0.39 is 5.91 Å². The van der Waals surface area contributed by atoms with Crippen molar-refractivity contribution in [2.45, 2.75) is 0 Å². The maximum atomic E-state index is 12.3. The van der Waals surface area contributed by atoms with E-state index in [4.69, 9.17) is 0 Å². The van der Waals surface area contributed by atoms with Gasteiger partial charge in [0.2, 0.25) is 0 Å². The van der Waals surface area contributed by atoms with Gasteiger partial charge in [-0.2, -0.15) is 5.10 Å². The number of aromatic hydroxyl groups is 2. The lowest BCUT2D eigenvalue weighted by atomic mass is 10.1. The average molecular weight is 454 g/mol. The zero-order valence-corrected chi connectivity index (χ0v) is 16.6. The fourth-order valence-corrected chi connectivity index (χ4v) is 2.67. The first kappa shape index (κ1) is 20.1. The lowest BCUT2D eigenvalue weighted by molar-refractivity contribution is 0.0953. The zero-order chi connectivity index (χ0) is 20.8. The number of hydrazone groups is 1. The fourth-order valence-electron chi connectivity index (χ4n) is 2.41. The minimum Gasteiger partial charge on any atom is -0.508 e. The molecule has 0 saturated carbocycles. The monoisotopic (exact) mass is 453 g/mol. The molecule has 29 heavy (non-hydrogen) atoms. The van der Waals surface area contributed by atoms with Gasteiger partial charge in [-0.15, -0.1) is 0 Å². The summed E-state index contributed by atoms with van der Waals surface area (Å²) in [6.45, 7) is 0. The van der Waals surface area contributed by atoms with Gasteiger partial charge < -0.3 is 15.5 Å². The lowest BCUT2D eigenvalue weighted by Gasteiger charge is -2.07. The summed E-state index contributed by atoms with van der Waals surface area (Å²) in [4.78, 5) is 24.6. The Morgan fingerprint density at radius 1 is 0.897 bits per heavy atom. The van der Waals surface area contributed by atoms with E-state index in [0.717, 1.165) is 4.47 Å². The van der Waals surface area contributed by atoms with Gasteiger partial charge in [0.05, 0.1) is 6.21 Å². The van der Waals surface area contributed by atoms with Crippen molar-refractivity contribution < 1.29 is 19.8 Å². The van der Waals surface area contributed by atoms with Crippen LogP contribution in [-0.4, -0.2) is 28.2 Å². The van der Waals surface area contributed by atoms with Crippen LogP contribution in [0.25, 0.3) is 0 Å². The summed E-state index contributed by atoms with van der Waals surface area (Å²) < 4.78 is 0.869. The molecule has 3 aromatic carbocycles. The maximum absolute atomic E-state index is 12.3. The molecule has 0 unspecified atom stereocenters. The summed E-state index contributed by atoms with van der Waals surface area (Å²) in [5, 5.41) is 25.5. The molecule has 2 amide bonds. The van der Waals surface area contributed by atoms with Gasteiger partial charge in [0.1, 0.15) is 11.5 Å². The Morgan fingerprint density at radius 2 is 1.66 bits per heavy atom. The molecular formula is C21H16BrN3O4. The molecule has 0 aliphatic heterocycles. The van der Waals surface area contributed by atoms with Crippen LogP contribution in [0.15, 0.2) is 76.3 Å². The molecule has 3 rings (SSSR count). The van der Waals surface area contributed by atoms with E-state index in [1.54, 1.807) is 42.5 Å². The molecule has 0 aliphatic carbocycles. The third-order valence-electron chi connectivity index (χ3n) is 3.87. The minimum atomic E-state index is -0.487. The van der Waals surface area contributed by atoms with Crippen molar-refractivity contribution in [1.29, 1.82) is 0 Å². The molecule has 3 aromatic rings. The molecule has 0 atom stereocenters. The second kappa shape index (κ2) is 9.03. The van der Waals surface area contributed by atoms with Crippen molar-refractivity contribution in [2.24, 2.45) is 5.10 Å². The van der Waals surface area contributed by atoms with Crippen LogP contribution >= 0.6 is 15.9 Å². The molecule has 146 valence electrons. The summed E-state index contributed by atoms with van der Waals surface area (Å²) in [5.41, 5.74) is 3.93. The number of benzene rings is 3. The van der Waals surface area contributed by atoms with Crippen LogP contribution in [-0.2, 0) is 0 Å². The van der Waals surface area contributed by atoms with Crippen molar-refractivity contribution in [3.8, 4) is 11.5 Å². The first-order valence-electron chi connectivity index (χ1n) is 8.45. The highest BCUT2D eigenvalue weighted by Gasteiger charge is 2.09. The van der Waals surface area contributed by atoms with Crippen molar-refractivity contribution >= 4 is 39.6 Å². The van der Waals surface area contributed by atoms with Crippen LogP contribution in [0, 0.1) is 0 Å². The molecule has 0 heterocycles. The molecule has 7 nitrogen and oxygen atoms in total. The Labute approximate surface area is 174 Å². The SMILES string of the molecule is O=C(N/N=C/c1ccc(O)cc1O)c1cccc(NC(=O)c2ccc(Br)cc2)c1. The standard InChI is InChI=1S/C21H16BrN3O4/c22-16-7-4-13(5-8-16)20(28)24-17-3-1-2-14(10-17)21(29)25-23-12-15-6-9-18(26)11-19(15)27/h1-12,26-27H,(H,24,28)(H,25,29)/b23-12+. The molecule has 0 aromatic heterocycles. The molecule has 0 aliphatic rings. The van der Waals surface area contributed by atoms with E-state index >= 15 is 0 Å². The fraction of sp³-hybridized carbons (Fsp3) is 0. The molecular weight excluding hydrogens is 438 g/mol. The normalized spacial score (nSPS) is 10.7. The molecule has 0 bridgehead atoms. The van der Waals surface area contributed by atoms with Crippen LogP contribution in [0.4, 0.5) is 5.69 Å². The van der Waals surface area contributed by atoms with Crippen molar-refractivity contribution in [1.82, 2.24) is 5.43 Å². The van der Waals surface area contributed by atoms with Gasteiger partial charge in [-0.25, -0.2) is 5.43 Å². The number of halogens is 1. The summed E-state index contributed by atoms with van der Waals surface area (Å²) in [5.74, 6) is -1.03. The van der Waals surface area contributed by atoms with Crippen LogP contribution in [0.3, 0.4) is 0 Å². The van der Waals surface area contributed by atoms with Crippen molar-refractivity contribution in [2.75, 3.05) is 5.32 Å². The van der Waals surface area contributed by atoms with Gasteiger partial charge in [0, 0.05) is 32.9 Å². The number of nitrogens with one attached hydrogen (secondary N) is 2. The summed E-state index contributed by atoms with van der Waals surface area (Å²) in [6.07, 6.45) is 1.26. The third-order valence-corrected chi connectivity index (χ3v) is 4.40. The number of phenolic OH excluding ortho intramolecular Hbond substituents is 2. The summed E-state index contributed by atoms with van der Waals surface area (Å²) >= 11 is 3.32. The number of hydrogen-bond donors (Lipinski definition) is 4. The Kier molecular flexibility index (Phi) is 6.25. The van der Waals surface area contributed by atoms with E-state index in [1.165, 1.54) is 30.5 Å².